The monoisotopic (exact) mass is 328 g/mol. The molecule has 0 aliphatic heterocycles. The molecule has 0 aliphatic rings. The Kier molecular flexibility index (Phi) is 3.99. The average Bonchev–Trinajstić information content (AvgIpc) is 2.35. The van der Waals surface area contributed by atoms with Crippen LogP contribution in [-0.4, -0.2) is 24.9 Å². The highest BCUT2D eigenvalue weighted by molar-refractivity contribution is 7.89. The van der Waals surface area contributed by atoms with Crippen LogP contribution in [0.2, 0.25) is 0 Å². The standard InChI is InChI=1S/C15H18F2N2O2S/c1-10-8-11-6-5-7-12(13(11)18-9-10)22(20,21)19-14(2,3)15(4,16)17/h5-9,19H,1-4H3. The Morgan fingerprint density at radius 3 is 2.41 bits per heavy atom. The molecule has 22 heavy (non-hydrogen) atoms. The second-order valence-electron chi connectivity index (χ2n) is 5.96. The van der Waals surface area contributed by atoms with Crippen LogP contribution >= 0.6 is 0 Å². The minimum absolute atomic E-state index is 0.109. The van der Waals surface area contributed by atoms with Gasteiger partial charge < -0.3 is 0 Å². The SMILES string of the molecule is Cc1cnc2c(S(=O)(=O)NC(C)(C)C(C)(F)F)cccc2c1. The van der Waals surface area contributed by atoms with Gasteiger partial charge in [0.15, 0.2) is 0 Å². The number of aryl methyl sites for hydroxylation is 1. The lowest BCUT2D eigenvalue weighted by atomic mass is 10.00. The molecule has 2 aromatic rings. The number of benzene rings is 1. The molecular formula is C15H18F2N2O2S. The van der Waals surface area contributed by atoms with Crippen LogP contribution in [-0.2, 0) is 10.0 Å². The highest BCUT2D eigenvalue weighted by Gasteiger charge is 2.45. The summed E-state index contributed by atoms with van der Waals surface area (Å²) < 4.78 is 54.2. The van der Waals surface area contributed by atoms with Gasteiger partial charge in [-0.2, -0.15) is 4.72 Å². The molecule has 7 heteroatoms. The number of alkyl halides is 2. The number of para-hydroxylation sites is 1. The molecule has 0 saturated heterocycles. The molecule has 0 fully saturated rings. The molecule has 4 nitrogen and oxygen atoms in total. The number of fused-ring (bicyclic) bond motifs is 1. The largest absolute Gasteiger partial charge is 0.263 e. The number of hydrogen-bond donors (Lipinski definition) is 1. The summed E-state index contributed by atoms with van der Waals surface area (Å²) in [6, 6.07) is 6.45. The van der Waals surface area contributed by atoms with Gasteiger partial charge in [0.1, 0.15) is 4.90 Å². The van der Waals surface area contributed by atoms with Gasteiger partial charge in [0, 0.05) is 18.5 Å². The fourth-order valence-electron chi connectivity index (χ4n) is 1.94. The Labute approximate surface area is 128 Å². The first-order valence-electron chi connectivity index (χ1n) is 6.71. The molecule has 0 radical (unpaired) electrons. The number of aromatic nitrogens is 1. The van der Waals surface area contributed by atoms with E-state index in [4.69, 9.17) is 0 Å². The van der Waals surface area contributed by atoms with Crippen molar-refractivity contribution in [2.75, 3.05) is 0 Å². The van der Waals surface area contributed by atoms with Crippen molar-refractivity contribution in [2.45, 2.75) is 44.1 Å². The summed E-state index contributed by atoms with van der Waals surface area (Å²) in [7, 11) is -4.13. The molecule has 0 spiro atoms. The predicted molar refractivity (Wildman–Crippen MR) is 81.5 cm³/mol. The van der Waals surface area contributed by atoms with Crippen LogP contribution in [0.4, 0.5) is 8.78 Å². The normalized spacial score (nSPS) is 13.5. The van der Waals surface area contributed by atoms with E-state index >= 15 is 0 Å². The van der Waals surface area contributed by atoms with E-state index in [1.54, 1.807) is 24.4 Å². The number of nitrogens with zero attached hydrogens (tertiary/aromatic N) is 1. The number of hydrogen-bond acceptors (Lipinski definition) is 3. The molecule has 0 unspecified atom stereocenters. The van der Waals surface area contributed by atoms with Crippen molar-refractivity contribution in [3.05, 3.63) is 36.0 Å². The van der Waals surface area contributed by atoms with Crippen LogP contribution in [0.25, 0.3) is 10.9 Å². The van der Waals surface area contributed by atoms with E-state index in [2.05, 4.69) is 9.71 Å². The molecule has 2 rings (SSSR count). The quantitative estimate of drug-likeness (QED) is 0.937. The second kappa shape index (κ2) is 5.24. The summed E-state index contributed by atoms with van der Waals surface area (Å²) in [6.07, 6.45) is 1.54. The van der Waals surface area contributed by atoms with Crippen molar-refractivity contribution in [3.63, 3.8) is 0 Å². The summed E-state index contributed by atoms with van der Waals surface area (Å²) in [5, 5.41) is 0.643. The Balaban J connectivity index is 2.56. The van der Waals surface area contributed by atoms with Crippen molar-refractivity contribution >= 4 is 20.9 Å². The van der Waals surface area contributed by atoms with Crippen molar-refractivity contribution in [3.8, 4) is 0 Å². The summed E-state index contributed by atoms with van der Waals surface area (Å²) in [5.41, 5.74) is -0.773. The third kappa shape index (κ3) is 3.10. The molecule has 1 aromatic heterocycles. The molecule has 0 bridgehead atoms. The fourth-order valence-corrected chi connectivity index (χ4v) is 3.58. The Morgan fingerprint density at radius 2 is 1.82 bits per heavy atom. The third-order valence-corrected chi connectivity index (χ3v) is 5.27. The van der Waals surface area contributed by atoms with Crippen molar-refractivity contribution in [1.29, 1.82) is 0 Å². The minimum atomic E-state index is -4.13. The highest BCUT2D eigenvalue weighted by Crippen LogP contribution is 2.30. The molecule has 1 heterocycles. The first kappa shape index (κ1) is 16.8. The van der Waals surface area contributed by atoms with Crippen LogP contribution < -0.4 is 4.72 Å². The van der Waals surface area contributed by atoms with Gasteiger partial charge in [0.05, 0.1) is 11.1 Å². The highest BCUT2D eigenvalue weighted by atomic mass is 32.2. The fraction of sp³-hybridized carbons (Fsp3) is 0.400. The maximum absolute atomic E-state index is 13.6. The smallest absolute Gasteiger partial charge is 0.255 e. The topological polar surface area (TPSA) is 59.1 Å². The lowest BCUT2D eigenvalue weighted by Crippen LogP contribution is -2.54. The van der Waals surface area contributed by atoms with Crippen molar-refractivity contribution in [2.24, 2.45) is 0 Å². The molecule has 0 aliphatic carbocycles. The number of rotatable bonds is 4. The van der Waals surface area contributed by atoms with Gasteiger partial charge in [-0.25, -0.2) is 17.2 Å². The van der Waals surface area contributed by atoms with Crippen LogP contribution in [0.15, 0.2) is 35.4 Å². The van der Waals surface area contributed by atoms with Crippen LogP contribution in [0.1, 0.15) is 26.3 Å². The number of sulfonamides is 1. The lowest BCUT2D eigenvalue weighted by molar-refractivity contribution is -0.0488. The number of nitrogens with one attached hydrogen (secondary N) is 1. The zero-order valence-electron chi connectivity index (χ0n) is 12.8. The Hall–Kier alpha value is -1.60. The third-order valence-electron chi connectivity index (χ3n) is 3.59. The number of halogens is 2. The van der Waals surface area contributed by atoms with E-state index in [1.807, 2.05) is 6.92 Å². The van der Waals surface area contributed by atoms with E-state index in [1.165, 1.54) is 6.07 Å². The minimum Gasteiger partial charge on any atom is -0.255 e. The molecule has 0 atom stereocenters. The molecular weight excluding hydrogens is 310 g/mol. The van der Waals surface area contributed by atoms with E-state index in [9.17, 15) is 17.2 Å². The summed E-state index contributed by atoms with van der Waals surface area (Å²) in [5.74, 6) is -3.21. The first-order valence-corrected chi connectivity index (χ1v) is 8.19. The van der Waals surface area contributed by atoms with E-state index < -0.39 is 21.5 Å². The molecule has 1 aromatic carbocycles. The van der Waals surface area contributed by atoms with Gasteiger partial charge in [-0.1, -0.05) is 12.1 Å². The Bertz CT molecular complexity index is 812. The van der Waals surface area contributed by atoms with E-state index in [0.29, 0.717) is 12.3 Å². The zero-order valence-corrected chi connectivity index (χ0v) is 13.6. The molecule has 1 N–H and O–H groups in total. The van der Waals surface area contributed by atoms with Gasteiger partial charge in [-0.05, 0) is 38.5 Å². The van der Waals surface area contributed by atoms with Gasteiger partial charge in [-0.3, -0.25) is 4.98 Å². The van der Waals surface area contributed by atoms with Crippen LogP contribution in [0.5, 0.6) is 0 Å². The first-order chi connectivity index (χ1) is 9.94. The van der Waals surface area contributed by atoms with Gasteiger partial charge in [0.2, 0.25) is 10.0 Å². The summed E-state index contributed by atoms with van der Waals surface area (Å²) in [6.45, 7) is 4.81. The average molecular weight is 328 g/mol. The molecule has 0 saturated carbocycles. The number of pyridine rings is 1. The van der Waals surface area contributed by atoms with Crippen LogP contribution in [0.3, 0.4) is 0 Å². The maximum atomic E-state index is 13.6. The van der Waals surface area contributed by atoms with Gasteiger partial charge in [-0.15, -0.1) is 0 Å². The maximum Gasteiger partial charge on any atom is 0.263 e. The predicted octanol–water partition coefficient (Wildman–Crippen LogP) is 3.26. The summed E-state index contributed by atoms with van der Waals surface area (Å²) in [4.78, 5) is 4.02. The second-order valence-corrected chi connectivity index (χ2v) is 7.61. The van der Waals surface area contributed by atoms with E-state index in [0.717, 1.165) is 19.4 Å². The molecule has 120 valence electrons. The lowest BCUT2D eigenvalue weighted by Gasteiger charge is -2.32. The van der Waals surface area contributed by atoms with Crippen LogP contribution in [0, 0.1) is 6.92 Å². The van der Waals surface area contributed by atoms with Crippen molar-refractivity contribution < 1.29 is 17.2 Å². The summed E-state index contributed by atoms with van der Waals surface area (Å²) >= 11 is 0. The zero-order chi connectivity index (χ0) is 16.8. The van der Waals surface area contributed by atoms with Crippen molar-refractivity contribution in [1.82, 2.24) is 9.71 Å². The van der Waals surface area contributed by atoms with E-state index in [-0.39, 0.29) is 10.4 Å². The van der Waals surface area contributed by atoms with Gasteiger partial charge >= 0.3 is 0 Å². The van der Waals surface area contributed by atoms with Gasteiger partial charge in [0.25, 0.3) is 5.92 Å². The molecule has 0 amide bonds. The Morgan fingerprint density at radius 1 is 1.18 bits per heavy atom.